The fourth-order valence-electron chi connectivity index (χ4n) is 3.64. The lowest BCUT2D eigenvalue weighted by molar-refractivity contribution is 0.236. The Morgan fingerprint density at radius 2 is 1.95 bits per heavy atom. The van der Waals surface area contributed by atoms with Gasteiger partial charge in [0.2, 0.25) is 0 Å². The smallest absolute Gasteiger partial charge is 0.0234 e. The lowest BCUT2D eigenvalue weighted by atomic mass is 9.82. The molecule has 0 aromatic heterocycles. The van der Waals surface area contributed by atoms with E-state index in [9.17, 15) is 0 Å². The molecule has 0 radical (unpaired) electrons. The third-order valence-corrected chi connectivity index (χ3v) is 5.59. The largest absolute Gasteiger partial charge is 0.310 e. The predicted octanol–water partition coefficient (Wildman–Crippen LogP) is 3.95. The Morgan fingerprint density at radius 1 is 1.19 bits per heavy atom. The van der Waals surface area contributed by atoms with Crippen LogP contribution in [0, 0.1) is 5.41 Å². The first-order valence-corrected chi connectivity index (χ1v) is 8.76. The highest BCUT2D eigenvalue weighted by Gasteiger charge is 2.34. The van der Waals surface area contributed by atoms with Gasteiger partial charge in [-0.15, -0.1) is 0 Å². The van der Waals surface area contributed by atoms with Crippen LogP contribution in [0.25, 0.3) is 0 Å². The lowest BCUT2D eigenvalue weighted by Gasteiger charge is -2.26. The van der Waals surface area contributed by atoms with Crippen LogP contribution in [0.3, 0.4) is 0 Å². The summed E-state index contributed by atoms with van der Waals surface area (Å²) < 4.78 is 0. The van der Waals surface area contributed by atoms with Crippen LogP contribution in [-0.2, 0) is 13.1 Å². The molecular formula is C19H30N2. The second-order valence-electron chi connectivity index (χ2n) is 7.14. The molecule has 116 valence electrons. The van der Waals surface area contributed by atoms with Crippen molar-refractivity contribution in [2.24, 2.45) is 5.41 Å². The van der Waals surface area contributed by atoms with Crippen LogP contribution in [0.5, 0.6) is 0 Å². The number of likely N-dealkylation sites (tertiary alicyclic amines) is 1. The van der Waals surface area contributed by atoms with Crippen molar-refractivity contribution in [3.8, 4) is 0 Å². The number of hydrogen-bond acceptors (Lipinski definition) is 2. The van der Waals surface area contributed by atoms with Gasteiger partial charge in [-0.25, -0.2) is 0 Å². The molecule has 2 aliphatic rings. The number of hydrogen-bond donors (Lipinski definition) is 1. The highest BCUT2D eigenvalue weighted by atomic mass is 15.2. The second-order valence-corrected chi connectivity index (χ2v) is 7.14. The Hall–Kier alpha value is -0.860. The van der Waals surface area contributed by atoms with Crippen molar-refractivity contribution >= 4 is 0 Å². The fourth-order valence-corrected chi connectivity index (χ4v) is 3.64. The van der Waals surface area contributed by atoms with E-state index in [-0.39, 0.29) is 0 Å². The zero-order valence-corrected chi connectivity index (χ0v) is 13.7. The van der Waals surface area contributed by atoms with E-state index >= 15 is 0 Å². The van der Waals surface area contributed by atoms with Gasteiger partial charge >= 0.3 is 0 Å². The van der Waals surface area contributed by atoms with Gasteiger partial charge in [0.25, 0.3) is 0 Å². The van der Waals surface area contributed by atoms with E-state index in [4.69, 9.17) is 0 Å². The molecule has 0 atom stereocenters. The molecule has 1 aliphatic heterocycles. The van der Waals surface area contributed by atoms with E-state index in [0.717, 1.165) is 19.1 Å². The molecule has 2 nitrogen and oxygen atoms in total. The second kappa shape index (κ2) is 6.50. The summed E-state index contributed by atoms with van der Waals surface area (Å²) in [6, 6.07) is 9.96. The van der Waals surface area contributed by atoms with Gasteiger partial charge in [0.15, 0.2) is 0 Å². The highest BCUT2D eigenvalue weighted by molar-refractivity contribution is 5.23. The molecule has 1 aromatic carbocycles. The van der Waals surface area contributed by atoms with E-state index in [1.54, 1.807) is 0 Å². The molecule has 2 fully saturated rings. The van der Waals surface area contributed by atoms with Gasteiger partial charge in [0.05, 0.1) is 0 Å². The average Bonchev–Trinajstić information content (AvgIpc) is 3.26. The van der Waals surface area contributed by atoms with E-state index in [0.29, 0.717) is 5.41 Å². The molecule has 0 unspecified atom stereocenters. The topological polar surface area (TPSA) is 15.3 Å². The summed E-state index contributed by atoms with van der Waals surface area (Å²) in [7, 11) is 0. The quantitative estimate of drug-likeness (QED) is 0.816. The van der Waals surface area contributed by atoms with Crippen molar-refractivity contribution in [2.45, 2.75) is 65.1 Å². The van der Waals surface area contributed by atoms with Crippen molar-refractivity contribution in [2.75, 3.05) is 13.1 Å². The molecule has 1 saturated heterocycles. The Labute approximate surface area is 129 Å². The van der Waals surface area contributed by atoms with Crippen LogP contribution < -0.4 is 5.32 Å². The standard InChI is InChI=1S/C19H30N2/c1-3-19(4-2)10-11-21(15-19)14-17-7-5-6-16(12-17)13-20-18-8-9-18/h5-7,12,18,20H,3-4,8-11,13-15H2,1-2H3. The van der Waals surface area contributed by atoms with Gasteiger partial charge in [0.1, 0.15) is 0 Å². The molecule has 1 N–H and O–H groups in total. The summed E-state index contributed by atoms with van der Waals surface area (Å²) in [6.07, 6.45) is 6.76. The van der Waals surface area contributed by atoms with Crippen LogP contribution in [0.15, 0.2) is 24.3 Å². The molecular weight excluding hydrogens is 256 g/mol. The maximum Gasteiger partial charge on any atom is 0.0234 e. The number of benzene rings is 1. The summed E-state index contributed by atoms with van der Waals surface area (Å²) in [5.74, 6) is 0. The van der Waals surface area contributed by atoms with Crippen LogP contribution in [0.2, 0.25) is 0 Å². The summed E-state index contributed by atoms with van der Waals surface area (Å²) >= 11 is 0. The zero-order chi connectivity index (χ0) is 14.7. The molecule has 2 heteroatoms. The predicted molar refractivity (Wildman–Crippen MR) is 89.2 cm³/mol. The van der Waals surface area contributed by atoms with Crippen molar-refractivity contribution in [3.63, 3.8) is 0 Å². The molecule has 0 bridgehead atoms. The molecule has 1 saturated carbocycles. The van der Waals surface area contributed by atoms with E-state index < -0.39 is 0 Å². The van der Waals surface area contributed by atoms with Gasteiger partial charge in [-0.3, -0.25) is 4.90 Å². The zero-order valence-electron chi connectivity index (χ0n) is 13.7. The molecule has 0 amide bonds. The molecule has 1 heterocycles. The van der Waals surface area contributed by atoms with Gasteiger partial charge in [-0.1, -0.05) is 38.1 Å². The monoisotopic (exact) mass is 286 g/mol. The van der Waals surface area contributed by atoms with Crippen molar-refractivity contribution < 1.29 is 0 Å². The van der Waals surface area contributed by atoms with Crippen LogP contribution in [0.4, 0.5) is 0 Å². The summed E-state index contributed by atoms with van der Waals surface area (Å²) in [4.78, 5) is 2.65. The minimum Gasteiger partial charge on any atom is -0.310 e. The van der Waals surface area contributed by atoms with Crippen molar-refractivity contribution in [1.29, 1.82) is 0 Å². The van der Waals surface area contributed by atoms with Crippen LogP contribution in [-0.4, -0.2) is 24.0 Å². The first-order valence-electron chi connectivity index (χ1n) is 8.76. The first-order chi connectivity index (χ1) is 10.2. The minimum atomic E-state index is 0.588. The Kier molecular flexibility index (Phi) is 4.66. The lowest BCUT2D eigenvalue weighted by Crippen LogP contribution is -2.26. The van der Waals surface area contributed by atoms with Crippen molar-refractivity contribution in [3.05, 3.63) is 35.4 Å². The van der Waals surface area contributed by atoms with Gasteiger partial charge < -0.3 is 5.32 Å². The van der Waals surface area contributed by atoms with Gasteiger partial charge in [-0.2, -0.15) is 0 Å². The summed E-state index contributed by atoms with van der Waals surface area (Å²) in [5.41, 5.74) is 3.51. The number of nitrogens with zero attached hydrogens (tertiary/aromatic N) is 1. The third-order valence-electron chi connectivity index (χ3n) is 5.59. The summed E-state index contributed by atoms with van der Waals surface area (Å²) in [5, 5.41) is 3.61. The first kappa shape index (κ1) is 15.1. The van der Waals surface area contributed by atoms with E-state index in [1.165, 1.54) is 56.3 Å². The number of nitrogens with one attached hydrogen (secondary N) is 1. The molecule has 0 spiro atoms. The van der Waals surface area contributed by atoms with E-state index in [1.807, 2.05) is 0 Å². The summed E-state index contributed by atoms with van der Waals surface area (Å²) in [6.45, 7) is 9.43. The maximum absolute atomic E-state index is 3.61. The SMILES string of the molecule is CCC1(CC)CCN(Cc2cccc(CNC3CC3)c2)C1. The van der Waals surface area contributed by atoms with Crippen LogP contribution in [0.1, 0.15) is 57.1 Å². The van der Waals surface area contributed by atoms with Crippen LogP contribution >= 0.6 is 0 Å². The fraction of sp³-hybridized carbons (Fsp3) is 0.684. The highest BCUT2D eigenvalue weighted by Crippen LogP contribution is 2.37. The number of rotatable bonds is 7. The van der Waals surface area contributed by atoms with Gasteiger partial charge in [-0.05, 0) is 55.2 Å². The van der Waals surface area contributed by atoms with Crippen molar-refractivity contribution in [1.82, 2.24) is 10.2 Å². The van der Waals surface area contributed by atoms with E-state index in [2.05, 4.69) is 48.3 Å². The molecule has 1 aromatic rings. The van der Waals surface area contributed by atoms with Gasteiger partial charge in [0, 0.05) is 25.7 Å². The molecule has 3 rings (SSSR count). The Morgan fingerprint density at radius 3 is 2.62 bits per heavy atom. The minimum absolute atomic E-state index is 0.588. The maximum atomic E-state index is 3.61. The Balaban J connectivity index is 1.56. The normalized spacial score (nSPS) is 21.8. The Bertz CT molecular complexity index is 460. The average molecular weight is 286 g/mol. The molecule has 21 heavy (non-hydrogen) atoms. The molecule has 1 aliphatic carbocycles. The third kappa shape index (κ3) is 3.87.